The van der Waals surface area contributed by atoms with Crippen LogP contribution in [0.25, 0.3) is 0 Å². The lowest BCUT2D eigenvalue weighted by molar-refractivity contribution is 0.462. The SMILES string of the molecule is CC(N)c1c(O)ccc2c1CCC2. The molecule has 1 aliphatic carbocycles. The molecule has 1 unspecified atom stereocenters. The zero-order chi connectivity index (χ0) is 9.42. The van der Waals surface area contributed by atoms with E-state index in [4.69, 9.17) is 5.73 Å². The Bertz CT molecular complexity index is 331. The van der Waals surface area contributed by atoms with E-state index in [0.717, 1.165) is 18.4 Å². The number of hydrogen-bond acceptors (Lipinski definition) is 2. The molecule has 13 heavy (non-hydrogen) atoms. The second-order valence-electron chi connectivity index (χ2n) is 3.78. The Kier molecular flexibility index (Phi) is 2.00. The fourth-order valence-electron chi connectivity index (χ4n) is 2.19. The topological polar surface area (TPSA) is 46.2 Å². The van der Waals surface area contributed by atoms with Crippen LogP contribution in [0, 0.1) is 0 Å². The number of benzene rings is 1. The molecule has 2 rings (SSSR count). The molecule has 0 saturated carbocycles. The van der Waals surface area contributed by atoms with Gasteiger partial charge in [-0.3, -0.25) is 0 Å². The standard InChI is InChI=1S/C11H15NO/c1-7(12)11-9-4-2-3-8(9)5-6-10(11)13/h5-7,13H,2-4,12H2,1H3. The number of hydrogen-bond donors (Lipinski definition) is 2. The van der Waals surface area contributed by atoms with E-state index in [1.165, 1.54) is 17.5 Å². The molecule has 2 heteroatoms. The van der Waals surface area contributed by atoms with E-state index in [0.29, 0.717) is 5.75 Å². The maximum Gasteiger partial charge on any atom is 0.120 e. The number of aromatic hydroxyl groups is 1. The fraction of sp³-hybridized carbons (Fsp3) is 0.455. The Labute approximate surface area is 78.4 Å². The maximum atomic E-state index is 9.67. The Morgan fingerprint density at radius 1 is 1.38 bits per heavy atom. The third kappa shape index (κ3) is 1.31. The van der Waals surface area contributed by atoms with Crippen molar-refractivity contribution in [3.63, 3.8) is 0 Å². The van der Waals surface area contributed by atoms with Gasteiger partial charge in [0.25, 0.3) is 0 Å². The van der Waals surface area contributed by atoms with E-state index in [-0.39, 0.29) is 6.04 Å². The molecule has 0 spiro atoms. The molecule has 0 radical (unpaired) electrons. The van der Waals surface area contributed by atoms with E-state index in [9.17, 15) is 5.11 Å². The highest BCUT2D eigenvalue weighted by Crippen LogP contribution is 2.34. The van der Waals surface area contributed by atoms with Crippen LogP contribution >= 0.6 is 0 Å². The minimum absolute atomic E-state index is 0.0620. The first kappa shape index (κ1) is 8.57. The third-order valence-corrected chi connectivity index (χ3v) is 2.76. The maximum absolute atomic E-state index is 9.67. The molecule has 0 fully saturated rings. The zero-order valence-electron chi connectivity index (χ0n) is 7.88. The molecular weight excluding hydrogens is 162 g/mol. The molecular formula is C11H15NO. The number of fused-ring (bicyclic) bond motifs is 1. The van der Waals surface area contributed by atoms with Gasteiger partial charge in [0.1, 0.15) is 5.75 Å². The average Bonchev–Trinajstić information content (AvgIpc) is 2.50. The van der Waals surface area contributed by atoms with Gasteiger partial charge in [0.15, 0.2) is 0 Å². The number of phenols is 1. The van der Waals surface area contributed by atoms with Crippen LogP contribution in [-0.2, 0) is 12.8 Å². The minimum atomic E-state index is -0.0620. The molecule has 70 valence electrons. The van der Waals surface area contributed by atoms with Crippen molar-refractivity contribution < 1.29 is 5.11 Å². The number of phenolic OH excluding ortho intramolecular Hbond substituents is 1. The van der Waals surface area contributed by atoms with Crippen molar-refractivity contribution in [2.75, 3.05) is 0 Å². The van der Waals surface area contributed by atoms with E-state index < -0.39 is 0 Å². The summed E-state index contributed by atoms with van der Waals surface area (Å²) in [7, 11) is 0. The average molecular weight is 177 g/mol. The zero-order valence-corrected chi connectivity index (χ0v) is 7.88. The van der Waals surface area contributed by atoms with Crippen LogP contribution in [0.15, 0.2) is 12.1 Å². The van der Waals surface area contributed by atoms with Crippen LogP contribution in [0.3, 0.4) is 0 Å². The Hall–Kier alpha value is -1.02. The van der Waals surface area contributed by atoms with Crippen molar-refractivity contribution in [2.45, 2.75) is 32.2 Å². The molecule has 1 aromatic rings. The number of rotatable bonds is 1. The molecule has 3 N–H and O–H groups in total. The van der Waals surface area contributed by atoms with Gasteiger partial charge < -0.3 is 10.8 Å². The molecule has 1 aliphatic rings. The highest BCUT2D eigenvalue weighted by molar-refractivity contribution is 5.48. The largest absolute Gasteiger partial charge is 0.508 e. The van der Waals surface area contributed by atoms with Gasteiger partial charge in [-0.1, -0.05) is 6.07 Å². The van der Waals surface area contributed by atoms with Gasteiger partial charge >= 0.3 is 0 Å². The quantitative estimate of drug-likeness (QED) is 0.688. The summed E-state index contributed by atoms with van der Waals surface area (Å²) in [4.78, 5) is 0. The second-order valence-corrected chi connectivity index (χ2v) is 3.78. The lowest BCUT2D eigenvalue weighted by atomic mass is 9.97. The highest BCUT2D eigenvalue weighted by atomic mass is 16.3. The van der Waals surface area contributed by atoms with Crippen molar-refractivity contribution in [1.82, 2.24) is 0 Å². The van der Waals surface area contributed by atoms with E-state index >= 15 is 0 Å². The Balaban J connectivity index is 2.58. The summed E-state index contributed by atoms with van der Waals surface area (Å²) >= 11 is 0. The van der Waals surface area contributed by atoms with Crippen molar-refractivity contribution >= 4 is 0 Å². The monoisotopic (exact) mass is 177 g/mol. The first-order chi connectivity index (χ1) is 6.20. The summed E-state index contributed by atoms with van der Waals surface area (Å²) in [5.74, 6) is 0.357. The lowest BCUT2D eigenvalue weighted by Gasteiger charge is -2.13. The molecule has 2 nitrogen and oxygen atoms in total. The number of aryl methyl sites for hydroxylation is 1. The number of nitrogens with two attached hydrogens (primary N) is 1. The van der Waals surface area contributed by atoms with Crippen molar-refractivity contribution in [1.29, 1.82) is 0 Å². The fourth-order valence-corrected chi connectivity index (χ4v) is 2.19. The summed E-state index contributed by atoms with van der Waals surface area (Å²) in [6.45, 7) is 1.92. The molecule has 0 heterocycles. The molecule has 0 bridgehead atoms. The lowest BCUT2D eigenvalue weighted by Crippen LogP contribution is -2.08. The molecule has 0 saturated heterocycles. The summed E-state index contributed by atoms with van der Waals surface area (Å²) in [6.07, 6.45) is 3.40. The second kappa shape index (κ2) is 3.04. The summed E-state index contributed by atoms with van der Waals surface area (Å²) in [5.41, 5.74) is 9.43. The van der Waals surface area contributed by atoms with Crippen LogP contribution in [0.1, 0.15) is 36.1 Å². The van der Waals surface area contributed by atoms with Gasteiger partial charge in [0, 0.05) is 11.6 Å². The first-order valence-electron chi connectivity index (χ1n) is 4.79. The summed E-state index contributed by atoms with van der Waals surface area (Å²) in [5, 5.41) is 9.67. The Morgan fingerprint density at radius 2 is 2.15 bits per heavy atom. The predicted octanol–water partition coefficient (Wildman–Crippen LogP) is 1.90. The van der Waals surface area contributed by atoms with Gasteiger partial charge in [-0.05, 0) is 43.4 Å². The van der Waals surface area contributed by atoms with Crippen LogP contribution in [0.4, 0.5) is 0 Å². The van der Waals surface area contributed by atoms with Gasteiger partial charge in [0.05, 0.1) is 0 Å². The van der Waals surface area contributed by atoms with Crippen LogP contribution < -0.4 is 5.73 Å². The molecule has 0 amide bonds. The van der Waals surface area contributed by atoms with Crippen molar-refractivity contribution in [2.24, 2.45) is 5.73 Å². The molecule has 0 aliphatic heterocycles. The van der Waals surface area contributed by atoms with Gasteiger partial charge in [-0.25, -0.2) is 0 Å². The van der Waals surface area contributed by atoms with Gasteiger partial charge in [0.2, 0.25) is 0 Å². The highest BCUT2D eigenvalue weighted by Gasteiger charge is 2.19. The Morgan fingerprint density at radius 3 is 2.85 bits per heavy atom. The van der Waals surface area contributed by atoms with Crippen molar-refractivity contribution in [3.8, 4) is 5.75 Å². The van der Waals surface area contributed by atoms with Crippen LogP contribution in [0.5, 0.6) is 5.75 Å². The molecule has 0 aromatic heterocycles. The third-order valence-electron chi connectivity index (χ3n) is 2.76. The van der Waals surface area contributed by atoms with E-state index in [2.05, 4.69) is 0 Å². The summed E-state index contributed by atoms with van der Waals surface area (Å²) < 4.78 is 0. The minimum Gasteiger partial charge on any atom is -0.508 e. The molecule has 1 atom stereocenters. The molecule has 1 aromatic carbocycles. The normalized spacial score (nSPS) is 17.1. The van der Waals surface area contributed by atoms with Crippen LogP contribution in [-0.4, -0.2) is 5.11 Å². The van der Waals surface area contributed by atoms with Gasteiger partial charge in [-0.2, -0.15) is 0 Å². The predicted molar refractivity (Wildman–Crippen MR) is 52.7 cm³/mol. The summed E-state index contributed by atoms with van der Waals surface area (Å²) in [6, 6.07) is 3.72. The van der Waals surface area contributed by atoms with Gasteiger partial charge in [-0.15, -0.1) is 0 Å². The van der Waals surface area contributed by atoms with Crippen molar-refractivity contribution in [3.05, 3.63) is 28.8 Å². The van der Waals surface area contributed by atoms with Crippen LogP contribution in [0.2, 0.25) is 0 Å². The van der Waals surface area contributed by atoms with E-state index in [1.807, 2.05) is 13.0 Å². The van der Waals surface area contributed by atoms with E-state index in [1.54, 1.807) is 6.07 Å². The first-order valence-corrected chi connectivity index (χ1v) is 4.79. The smallest absolute Gasteiger partial charge is 0.120 e.